The second-order valence-electron chi connectivity index (χ2n) is 5.43. The zero-order valence-corrected chi connectivity index (χ0v) is 13.0. The first-order chi connectivity index (χ1) is 9.63. The molecule has 1 aromatic rings. The van der Waals surface area contributed by atoms with E-state index in [1.165, 1.54) is 0 Å². The standard InChI is InChI=1S/C15H24ClN3O/c1-3-15(2,19-8-10-20-11-9-19)14(18-17)12-6-4-5-7-13(12)16/h4-7,14,18H,3,8-11,17H2,1-2H3. The second kappa shape index (κ2) is 6.87. The van der Waals surface area contributed by atoms with E-state index in [4.69, 9.17) is 22.2 Å². The molecule has 0 bridgehead atoms. The molecule has 4 nitrogen and oxygen atoms in total. The van der Waals surface area contributed by atoms with E-state index >= 15 is 0 Å². The van der Waals surface area contributed by atoms with Gasteiger partial charge >= 0.3 is 0 Å². The van der Waals surface area contributed by atoms with Crippen LogP contribution in [0.4, 0.5) is 0 Å². The van der Waals surface area contributed by atoms with Crippen LogP contribution in [0.1, 0.15) is 31.9 Å². The van der Waals surface area contributed by atoms with Crippen molar-refractivity contribution in [1.29, 1.82) is 0 Å². The molecule has 1 fully saturated rings. The summed E-state index contributed by atoms with van der Waals surface area (Å²) in [6.07, 6.45) is 0.979. The topological polar surface area (TPSA) is 50.5 Å². The first-order valence-electron chi connectivity index (χ1n) is 7.17. The molecule has 2 atom stereocenters. The normalized spacial score (nSPS) is 21.4. The van der Waals surface area contributed by atoms with Crippen LogP contribution in [-0.2, 0) is 4.74 Å². The number of hydrogen-bond donors (Lipinski definition) is 2. The van der Waals surface area contributed by atoms with Gasteiger partial charge in [0.15, 0.2) is 0 Å². The van der Waals surface area contributed by atoms with Crippen LogP contribution in [0.5, 0.6) is 0 Å². The maximum atomic E-state index is 6.36. The van der Waals surface area contributed by atoms with Crippen molar-refractivity contribution in [1.82, 2.24) is 10.3 Å². The van der Waals surface area contributed by atoms with Gasteiger partial charge in [-0.1, -0.05) is 36.7 Å². The summed E-state index contributed by atoms with van der Waals surface area (Å²) in [7, 11) is 0. The van der Waals surface area contributed by atoms with Gasteiger partial charge in [0, 0.05) is 23.7 Å². The number of nitrogens with zero attached hydrogens (tertiary/aromatic N) is 1. The summed E-state index contributed by atoms with van der Waals surface area (Å²) >= 11 is 6.36. The zero-order chi connectivity index (χ0) is 14.6. The Bertz CT molecular complexity index is 437. The van der Waals surface area contributed by atoms with Crippen LogP contribution in [0.2, 0.25) is 5.02 Å². The molecule has 5 heteroatoms. The molecule has 0 radical (unpaired) electrons. The number of ether oxygens (including phenoxy) is 1. The smallest absolute Gasteiger partial charge is 0.0655 e. The molecule has 1 heterocycles. The van der Waals surface area contributed by atoms with E-state index in [9.17, 15) is 0 Å². The van der Waals surface area contributed by atoms with Crippen LogP contribution in [0, 0.1) is 0 Å². The van der Waals surface area contributed by atoms with Gasteiger partial charge in [0.25, 0.3) is 0 Å². The highest BCUT2D eigenvalue weighted by molar-refractivity contribution is 6.31. The van der Waals surface area contributed by atoms with Crippen molar-refractivity contribution in [3.05, 3.63) is 34.9 Å². The van der Waals surface area contributed by atoms with Crippen molar-refractivity contribution in [3.8, 4) is 0 Å². The number of rotatable bonds is 5. The number of hydrazine groups is 1. The predicted octanol–water partition coefficient (Wildman–Crippen LogP) is 2.35. The van der Waals surface area contributed by atoms with Crippen molar-refractivity contribution in [2.75, 3.05) is 26.3 Å². The number of benzene rings is 1. The molecular weight excluding hydrogens is 274 g/mol. The molecule has 20 heavy (non-hydrogen) atoms. The summed E-state index contributed by atoms with van der Waals surface area (Å²) in [4.78, 5) is 2.45. The van der Waals surface area contributed by atoms with E-state index in [0.717, 1.165) is 43.3 Å². The molecular formula is C15H24ClN3O. The number of nitrogens with one attached hydrogen (secondary N) is 1. The predicted molar refractivity (Wildman–Crippen MR) is 82.6 cm³/mol. The highest BCUT2D eigenvalue weighted by Crippen LogP contribution is 2.37. The van der Waals surface area contributed by atoms with E-state index in [1.807, 2.05) is 24.3 Å². The summed E-state index contributed by atoms with van der Waals surface area (Å²) in [5, 5.41) is 0.753. The maximum absolute atomic E-state index is 6.36. The summed E-state index contributed by atoms with van der Waals surface area (Å²) < 4.78 is 5.46. The van der Waals surface area contributed by atoms with Crippen LogP contribution >= 0.6 is 11.6 Å². The zero-order valence-electron chi connectivity index (χ0n) is 12.2. The minimum atomic E-state index is -0.0937. The lowest BCUT2D eigenvalue weighted by molar-refractivity contribution is -0.0329. The molecule has 0 spiro atoms. The molecule has 2 rings (SSSR count). The van der Waals surface area contributed by atoms with Gasteiger partial charge in [0.05, 0.1) is 19.3 Å². The molecule has 2 unspecified atom stereocenters. The second-order valence-corrected chi connectivity index (χ2v) is 5.84. The van der Waals surface area contributed by atoms with Crippen LogP contribution in [-0.4, -0.2) is 36.7 Å². The van der Waals surface area contributed by atoms with Crippen molar-refractivity contribution in [2.24, 2.45) is 5.84 Å². The molecule has 0 aliphatic carbocycles. The Morgan fingerprint density at radius 2 is 2.05 bits per heavy atom. The fraction of sp³-hybridized carbons (Fsp3) is 0.600. The van der Waals surface area contributed by atoms with E-state index < -0.39 is 0 Å². The van der Waals surface area contributed by atoms with Gasteiger partial charge in [0.2, 0.25) is 0 Å². The fourth-order valence-electron chi connectivity index (χ4n) is 3.00. The third-order valence-electron chi connectivity index (χ3n) is 4.45. The average Bonchev–Trinajstić information content (AvgIpc) is 2.50. The monoisotopic (exact) mass is 297 g/mol. The molecule has 1 aliphatic heterocycles. The number of nitrogens with two attached hydrogens (primary N) is 1. The van der Waals surface area contributed by atoms with Gasteiger partial charge < -0.3 is 4.74 Å². The first-order valence-corrected chi connectivity index (χ1v) is 7.54. The quantitative estimate of drug-likeness (QED) is 0.647. The minimum absolute atomic E-state index is 0.0145. The Kier molecular flexibility index (Phi) is 5.41. The summed E-state index contributed by atoms with van der Waals surface area (Å²) in [5.41, 5.74) is 3.94. The molecule has 0 aromatic heterocycles. The number of hydrogen-bond acceptors (Lipinski definition) is 4. The Balaban J connectivity index is 2.33. The van der Waals surface area contributed by atoms with Crippen LogP contribution in [0.25, 0.3) is 0 Å². The van der Waals surface area contributed by atoms with Gasteiger partial charge in [0.1, 0.15) is 0 Å². The Hall–Kier alpha value is -0.650. The molecule has 3 N–H and O–H groups in total. The van der Waals surface area contributed by atoms with Gasteiger partial charge in [-0.05, 0) is 25.0 Å². The van der Waals surface area contributed by atoms with E-state index in [-0.39, 0.29) is 11.6 Å². The van der Waals surface area contributed by atoms with Crippen molar-refractivity contribution in [3.63, 3.8) is 0 Å². The van der Waals surface area contributed by atoms with E-state index in [2.05, 4.69) is 24.2 Å². The van der Waals surface area contributed by atoms with Gasteiger partial charge in [-0.2, -0.15) is 0 Å². The lowest BCUT2D eigenvalue weighted by Gasteiger charge is -2.47. The van der Waals surface area contributed by atoms with E-state index in [0.29, 0.717) is 0 Å². The average molecular weight is 298 g/mol. The lowest BCUT2D eigenvalue weighted by atomic mass is 9.83. The highest BCUT2D eigenvalue weighted by Gasteiger charge is 2.40. The van der Waals surface area contributed by atoms with Crippen LogP contribution in [0.3, 0.4) is 0 Å². The molecule has 1 aliphatic rings. The lowest BCUT2D eigenvalue weighted by Crippen LogP contribution is -2.58. The Morgan fingerprint density at radius 3 is 2.60 bits per heavy atom. The van der Waals surface area contributed by atoms with Crippen molar-refractivity contribution < 1.29 is 4.74 Å². The molecule has 0 amide bonds. The number of morpholine rings is 1. The number of halogens is 1. The molecule has 0 saturated carbocycles. The van der Waals surface area contributed by atoms with E-state index in [1.54, 1.807) is 0 Å². The molecule has 1 aromatic carbocycles. The Labute approximate surface area is 126 Å². The minimum Gasteiger partial charge on any atom is -0.379 e. The molecule has 1 saturated heterocycles. The summed E-state index contributed by atoms with van der Waals surface area (Å²) in [6, 6.07) is 7.88. The third-order valence-corrected chi connectivity index (χ3v) is 4.80. The van der Waals surface area contributed by atoms with Crippen LogP contribution < -0.4 is 11.3 Å². The first kappa shape index (κ1) is 15.7. The fourth-order valence-corrected chi connectivity index (χ4v) is 3.24. The van der Waals surface area contributed by atoms with Gasteiger partial charge in [-0.3, -0.25) is 16.2 Å². The van der Waals surface area contributed by atoms with Crippen molar-refractivity contribution in [2.45, 2.75) is 31.8 Å². The highest BCUT2D eigenvalue weighted by atomic mass is 35.5. The Morgan fingerprint density at radius 1 is 1.40 bits per heavy atom. The third kappa shape index (κ3) is 3.00. The summed E-state index contributed by atoms with van der Waals surface area (Å²) in [5.74, 6) is 5.88. The van der Waals surface area contributed by atoms with Gasteiger partial charge in [-0.15, -0.1) is 0 Å². The largest absolute Gasteiger partial charge is 0.379 e. The maximum Gasteiger partial charge on any atom is 0.0655 e. The SMILES string of the molecule is CCC(C)(C(NN)c1ccccc1Cl)N1CCOCC1. The van der Waals surface area contributed by atoms with Crippen molar-refractivity contribution >= 4 is 11.6 Å². The summed E-state index contributed by atoms with van der Waals surface area (Å²) in [6.45, 7) is 7.83. The molecule has 112 valence electrons. The van der Waals surface area contributed by atoms with Crippen LogP contribution in [0.15, 0.2) is 24.3 Å². The van der Waals surface area contributed by atoms with Gasteiger partial charge in [-0.25, -0.2) is 0 Å².